The van der Waals surface area contributed by atoms with Gasteiger partial charge in [-0.1, -0.05) is 92.8 Å². The number of oxazole rings is 2. The van der Waals surface area contributed by atoms with E-state index in [9.17, 15) is 0 Å². The quantitative estimate of drug-likeness (QED) is 0.0718. The molecular formula is C49H50N4O2S2+2. The molecule has 0 fully saturated rings. The van der Waals surface area contributed by atoms with Crippen molar-refractivity contribution in [1.29, 1.82) is 0 Å². The molecule has 2 aromatic heterocycles. The van der Waals surface area contributed by atoms with Gasteiger partial charge in [0.05, 0.1) is 22.2 Å². The summed E-state index contributed by atoms with van der Waals surface area (Å²) in [6.07, 6.45) is 26.4. The van der Waals surface area contributed by atoms with Gasteiger partial charge in [0.2, 0.25) is 11.2 Å². The maximum absolute atomic E-state index is 6.19. The zero-order chi connectivity index (χ0) is 38.8. The lowest BCUT2D eigenvalue weighted by Crippen LogP contribution is -2.29. The lowest BCUT2D eigenvalue weighted by atomic mass is 10.1. The van der Waals surface area contributed by atoms with Crippen LogP contribution >= 0.6 is 23.5 Å². The number of hydrogen-bond acceptors (Lipinski definition) is 6. The Kier molecular flexibility index (Phi) is 12.6. The summed E-state index contributed by atoms with van der Waals surface area (Å²) in [6.45, 7) is 0. The third-order valence-corrected chi connectivity index (χ3v) is 12.6. The first kappa shape index (κ1) is 38.4. The smallest absolute Gasteiger partial charge is 0.374 e. The van der Waals surface area contributed by atoms with Gasteiger partial charge in [-0.2, -0.15) is 9.13 Å². The monoisotopic (exact) mass is 790 g/mol. The summed E-state index contributed by atoms with van der Waals surface area (Å²) in [6, 6.07) is 37.6. The second kappa shape index (κ2) is 18.7. The number of nitrogens with zero attached hydrogens (tertiary/aromatic N) is 4. The summed E-state index contributed by atoms with van der Waals surface area (Å²) in [4.78, 5) is 4.60. The van der Waals surface area contributed by atoms with Crippen LogP contribution in [-0.2, 0) is 14.1 Å². The van der Waals surface area contributed by atoms with Crippen molar-refractivity contribution in [1.82, 2.24) is 0 Å². The maximum Gasteiger partial charge on any atom is 0.374 e. The molecule has 0 saturated carbocycles. The van der Waals surface area contributed by atoms with Crippen LogP contribution in [0.2, 0.25) is 0 Å². The molecule has 0 spiro atoms. The van der Waals surface area contributed by atoms with Crippen molar-refractivity contribution in [3.8, 4) is 0 Å². The van der Waals surface area contributed by atoms with Crippen molar-refractivity contribution < 1.29 is 18.0 Å². The van der Waals surface area contributed by atoms with E-state index in [1.807, 2.05) is 47.8 Å². The van der Waals surface area contributed by atoms with E-state index in [1.165, 1.54) is 66.4 Å². The molecule has 4 heterocycles. The third-order valence-electron chi connectivity index (χ3n) is 10.4. The first-order valence-electron chi connectivity index (χ1n) is 20.0. The summed E-state index contributed by atoms with van der Waals surface area (Å²) >= 11 is 3.89. The number of para-hydroxylation sites is 6. The van der Waals surface area contributed by atoms with Gasteiger partial charge in [-0.3, -0.25) is 0 Å². The van der Waals surface area contributed by atoms with Gasteiger partial charge in [0.15, 0.2) is 0 Å². The molecule has 0 bridgehead atoms. The normalized spacial score (nSPS) is 15.7. The average Bonchev–Trinajstić information content (AvgIpc) is 3.74. The standard InChI is InChI=1S/C49H50N4O2S2/c1-50-42-24-14-16-26-44(42)54-46(50)34-38-28-30-52(40-20-10-8-11-21-40)48(36-38)56-32-18-6-4-3-5-7-19-33-57-49-37-39(29-31-53(49)41-22-12-9-13-23-41)35-47-51(2)43-25-15-17-27-45(43)55-47/h8-17,20-31,34-37H,3-7,18-19,32-33H2,1-2H3/q+2. The molecule has 0 saturated heterocycles. The maximum atomic E-state index is 6.19. The van der Waals surface area contributed by atoms with Crippen LogP contribution in [0.25, 0.3) is 34.4 Å². The van der Waals surface area contributed by atoms with Crippen molar-refractivity contribution in [2.24, 2.45) is 14.1 Å². The van der Waals surface area contributed by atoms with Gasteiger partial charge in [0.25, 0.3) is 11.0 Å². The Morgan fingerprint density at radius 3 is 1.30 bits per heavy atom. The van der Waals surface area contributed by atoms with Crippen LogP contribution in [0.15, 0.2) is 176 Å². The fourth-order valence-corrected chi connectivity index (χ4v) is 9.38. The SMILES string of the molecule is C[n+]1c(/C=C2/C=CN(c3ccccc3)C(SCCCCCCCCCSC3=C/C(=C\c4oc5ccccc5[n+]4C)C=CN3c3ccccc3)=C2)oc2ccccc21. The Morgan fingerprint density at radius 2 is 0.877 bits per heavy atom. The topological polar surface area (TPSA) is 40.5 Å². The minimum absolute atomic E-state index is 0.844. The molecule has 2 aliphatic heterocycles. The molecule has 6 nitrogen and oxygen atoms in total. The molecule has 0 unspecified atom stereocenters. The summed E-state index contributed by atoms with van der Waals surface area (Å²) in [5.74, 6) is 3.88. The number of benzene rings is 4. The minimum atomic E-state index is 0.844. The molecule has 0 atom stereocenters. The van der Waals surface area contributed by atoms with Crippen molar-refractivity contribution in [3.05, 3.63) is 179 Å². The van der Waals surface area contributed by atoms with Gasteiger partial charge in [0.1, 0.15) is 14.1 Å². The van der Waals surface area contributed by atoms with Gasteiger partial charge < -0.3 is 18.6 Å². The summed E-state index contributed by atoms with van der Waals surface area (Å²) in [5, 5.41) is 2.48. The molecule has 0 amide bonds. The molecule has 0 aliphatic carbocycles. The molecular weight excluding hydrogens is 741 g/mol. The molecule has 57 heavy (non-hydrogen) atoms. The minimum Gasteiger partial charge on any atom is -0.398 e. The van der Waals surface area contributed by atoms with E-state index in [-0.39, 0.29) is 0 Å². The van der Waals surface area contributed by atoms with Crippen LogP contribution in [0.1, 0.15) is 56.7 Å². The number of aryl methyl sites for hydroxylation is 2. The Balaban J connectivity index is 0.802. The fraction of sp³-hybridized carbons (Fsp3) is 0.224. The predicted octanol–water partition coefficient (Wildman–Crippen LogP) is 12.2. The largest absolute Gasteiger partial charge is 0.398 e. The molecule has 0 radical (unpaired) electrons. The van der Waals surface area contributed by atoms with Gasteiger partial charge in [-0.25, -0.2) is 0 Å². The molecule has 2 aliphatic rings. The Hall–Kier alpha value is -5.44. The van der Waals surface area contributed by atoms with Crippen LogP contribution in [0, 0.1) is 0 Å². The van der Waals surface area contributed by atoms with Crippen molar-refractivity contribution in [2.75, 3.05) is 21.3 Å². The summed E-state index contributed by atoms with van der Waals surface area (Å²) in [5.41, 5.74) is 8.61. The lowest BCUT2D eigenvalue weighted by Gasteiger charge is -2.26. The highest BCUT2D eigenvalue weighted by molar-refractivity contribution is 8.03. The first-order chi connectivity index (χ1) is 28.1. The van der Waals surface area contributed by atoms with Crippen LogP contribution in [-0.4, -0.2) is 11.5 Å². The highest BCUT2D eigenvalue weighted by atomic mass is 32.2. The Morgan fingerprint density at radius 1 is 0.491 bits per heavy atom. The highest BCUT2D eigenvalue weighted by Crippen LogP contribution is 2.35. The Labute approximate surface area is 344 Å². The van der Waals surface area contributed by atoms with E-state index >= 15 is 0 Å². The zero-order valence-corrected chi connectivity index (χ0v) is 34.4. The number of rotatable bonds is 16. The zero-order valence-electron chi connectivity index (χ0n) is 32.8. The number of allylic oxidation sites excluding steroid dienone is 6. The van der Waals surface area contributed by atoms with Gasteiger partial charge in [0, 0.05) is 35.9 Å². The second-order valence-electron chi connectivity index (χ2n) is 14.4. The third kappa shape index (κ3) is 9.41. The number of unbranched alkanes of at least 4 members (excludes halogenated alkanes) is 6. The second-order valence-corrected chi connectivity index (χ2v) is 16.6. The highest BCUT2D eigenvalue weighted by Gasteiger charge is 2.21. The van der Waals surface area contributed by atoms with Crippen LogP contribution in [0.5, 0.6) is 0 Å². The van der Waals surface area contributed by atoms with Gasteiger partial charge in [-0.15, -0.1) is 23.5 Å². The van der Waals surface area contributed by atoms with Crippen molar-refractivity contribution in [2.45, 2.75) is 44.9 Å². The lowest BCUT2D eigenvalue weighted by molar-refractivity contribution is -0.652. The van der Waals surface area contributed by atoms with E-state index in [1.54, 1.807) is 0 Å². The Bertz CT molecular complexity index is 2320. The van der Waals surface area contributed by atoms with E-state index in [2.05, 4.69) is 167 Å². The number of fused-ring (bicyclic) bond motifs is 2. The summed E-state index contributed by atoms with van der Waals surface area (Å²) < 4.78 is 16.6. The fourth-order valence-electron chi connectivity index (χ4n) is 7.21. The number of anilines is 2. The van der Waals surface area contributed by atoms with Gasteiger partial charge >= 0.3 is 11.8 Å². The number of thioether (sulfide) groups is 2. The summed E-state index contributed by atoms with van der Waals surface area (Å²) in [7, 11) is 4.12. The van der Waals surface area contributed by atoms with E-state index in [0.717, 1.165) is 56.6 Å². The predicted molar refractivity (Wildman–Crippen MR) is 240 cm³/mol. The average molecular weight is 791 g/mol. The number of aromatic nitrogens is 2. The van der Waals surface area contributed by atoms with Gasteiger partial charge in [-0.05, 0) is 96.2 Å². The molecule has 4 aromatic carbocycles. The molecule has 288 valence electrons. The first-order valence-corrected chi connectivity index (χ1v) is 22.0. The van der Waals surface area contributed by atoms with E-state index in [4.69, 9.17) is 8.83 Å². The van der Waals surface area contributed by atoms with Crippen molar-refractivity contribution >= 4 is 69.3 Å². The van der Waals surface area contributed by atoms with E-state index in [0.29, 0.717) is 0 Å². The molecule has 6 aromatic rings. The molecule has 0 N–H and O–H groups in total. The number of hydrogen-bond donors (Lipinski definition) is 0. The molecule has 8 heteroatoms. The van der Waals surface area contributed by atoms with Crippen LogP contribution in [0.4, 0.5) is 11.4 Å². The van der Waals surface area contributed by atoms with Crippen LogP contribution < -0.4 is 18.9 Å². The van der Waals surface area contributed by atoms with Crippen LogP contribution in [0.3, 0.4) is 0 Å². The molecule has 8 rings (SSSR count). The van der Waals surface area contributed by atoms with E-state index < -0.39 is 0 Å². The van der Waals surface area contributed by atoms with Crippen molar-refractivity contribution in [3.63, 3.8) is 0 Å².